The van der Waals surface area contributed by atoms with Crippen LogP contribution in [-0.2, 0) is 21.2 Å². The number of nitrogens with zero attached hydrogens (tertiary/aromatic N) is 1. The highest BCUT2D eigenvalue weighted by molar-refractivity contribution is 7.92. The van der Waals surface area contributed by atoms with E-state index in [2.05, 4.69) is 0 Å². The number of hydrogen-bond donors (Lipinski definition) is 1. The molecule has 2 N–H and O–H groups in total. The van der Waals surface area contributed by atoms with E-state index in [-0.39, 0.29) is 16.3 Å². The Morgan fingerprint density at radius 3 is 2.21 bits per heavy atom. The molecule has 3 rings (SSSR count). The van der Waals surface area contributed by atoms with Gasteiger partial charge in [0.15, 0.2) is 11.5 Å². The van der Waals surface area contributed by atoms with Crippen LogP contribution in [0.25, 0.3) is 0 Å². The maximum absolute atomic E-state index is 13.7. The molecule has 0 aromatic heterocycles. The van der Waals surface area contributed by atoms with Crippen LogP contribution in [0.2, 0.25) is 5.02 Å². The first-order chi connectivity index (χ1) is 16.2. The average molecular weight is 505 g/mol. The number of hydrogen-bond acceptors (Lipinski definition) is 6. The number of amides is 1. The van der Waals surface area contributed by atoms with Crippen LogP contribution in [0.1, 0.15) is 11.1 Å². The SMILES string of the molecule is COc1ccccc1Cc1cc(Cl)ccc1N(CC(N)=O)S(=O)(=O)c1ccc(OC)c(OC)c1. The number of sulfonamides is 1. The molecule has 0 fully saturated rings. The van der Waals surface area contributed by atoms with Crippen LogP contribution in [0, 0.1) is 0 Å². The number of carbonyl (C=O) groups excluding carboxylic acids is 1. The fourth-order valence-corrected chi connectivity index (χ4v) is 5.22. The number of carbonyl (C=O) groups is 1. The molecule has 3 aromatic carbocycles. The predicted molar refractivity (Wildman–Crippen MR) is 131 cm³/mol. The second-order valence-corrected chi connectivity index (χ2v) is 9.56. The van der Waals surface area contributed by atoms with Crippen molar-refractivity contribution >= 4 is 33.2 Å². The van der Waals surface area contributed by atoms with E-state index >= 15 is 0 Å². The normalized spacial score (nSPS) is 11.1. The van der Waals surface area contributed by atoms with E-state index in [4.69, 9.17) is 31.5 Å². The van der Waals surface area contributed by atoms with Crippen LogP contribution < -0.4 is 24.2 Å². The van der Waals surface area contributed by atoms with Crippen molar-refractivity contribution in [2.45, 2.75) is 11.3 Å². The second-order valence-electron chi connectivity index (χ2n) is 7.26. The number of methoxy groups -OCH3 is 3. The van der Waals surface area contributed by atoms with Crippen LogP contribution in [0.5, 0.6) is 17.2 Å². The van der Waals surface area contributed by atoms with E-state index in [1.165, 1.54) is 32.4 Å². The monoisotopic (exact) mass is 504 g/mol. The molecule has 34 heavy (non-hydrogen) atoms. The maximum Gasteiger partial charge on any atom is 0.264 e. The second kappa shape index (κ2) is 10.7. The molecule has 180 valence electrons. The van der Waals surface area contributed by atoms with Crippen LogP contribution in [0.15, 0.2) is 65.6 Å². The molecule has 0 aliphatic carbocycles. The zero-order valence-electron chi connectivity index (χ0n) is 18.9. The molecular weight excluding hydrogens is 480 g/mol. The fraction of sp³-hybridized carbons (Fsp3) is 0.208. The van der Waals surface area contributed by atoms with E-state index in [1.54, 1.807) is 31.4 Å². The van der Waals surface area contributed by atoms with Crippen molar-refractivity contribution in [1.29, 1.82) is 0 Å². The minimum absolute atomic E-state index is 0.0930. The summed E-state index contributed by atoms with van der Waals surface area (Å²) in [5, 5.41) is 0.413. The first-order valence-corrected chi connectivity index (χ1v) is 12.0. The third-order valence-corrected chi connectivity index (χ3v) is 7.12. The van der Waals surface area contributed by atoms with Gasteiger partial charge in [0.25, 0.3) is 10.0 Å². The molecule has 0 bridgehead atoms. The van der Waals surface area contributed by atoms with Crippen molar-refractivity contribution < 1.29 is 27.4 Å². The van der Waals surface area contributed by atoms with Crippen molar-refractivity contribution in [3.05, 3.63) is 76.8 Å². The number of anilines is 1. The minimum atomic E-state index is -4.23. The van der Waals surface area contributed by atoms with Crippen molar-refractivity contribution in [1.82, 2.24) is 0 Å². The lowest BCUT2D eigenvalue weighted by molar-refractivity contribution is -0.116. The maximum atomic E-state index is 13.7. The van der Waals surface area contributed by atoms with E-state index in [0.717, 1.165) is 9.87 Å². The van der Waals surface area contributed by atoms with Gasteiger partial charge in [-0.15, -0.1) is 0 Å². The summed E-state index contributed by atoms with van der Waals surface area (Å²) in [6.07, 6.45) is 0.302. The molecule has 3 aromatic rings. The van der Waals surface area contributed by atoms with Gasteiger partial charge in [-0.3, -0.25) is 9.10 Å². The first kappa shape index (κ1) is 25.2. The summed E-state index contributed by atoms with van der Waals surface area (Å²) in [5.41, 5.74) is 7.10. The topological polar surface area (TPSA) is 108 Å². The molecule has 10 heteroatoms. The zero-order valence-corrected chi connectivity index (χ0v) is 20.5. The summed E-state index contributed by atoms with van der Waals surface area (Å²) in [6.45, 7) is -0.572. The van der Waals surface area contributed by atoms with Gasteiger partial charge in [-0.2, -0.15) is 0 Å². The van der Waals surface area contributed by atoms with Crippen LogP contribution in [0.4, 0.5) is 5.69 Å². The van der Waals surface area contributed by atoms with E-state index in [0.29, 0.717) is 28.5 Å². The lowest BCUT2D eigenvalue weighted by Gasteiger charge is -2.26. The number of halogens is 1. The molecule has 0 aliphatic rings. The van der Waals surface area contributed by atoms with Crippen LogP contribution in [0.3, 0.4) is 0 Å². The summed E-state index contributed by atoms with van der Waals surface area (Å²) < 4.78 is 44.3. The highest BCUT2D eigenvalue weighted by Gasteiger charge is 2.29. The molecule has 0 unspecified atom stereocenters. The van der Waals surface area contributed by atoms with Gasteiger partial charge in [0.2, 0.25) is 5.91 Å². The Morgan fingerprint density at radius 1 is 0.882 bits per heavy atom. The highest BCUT2D eigenvalue weighted by atomic mass is 35.5. The third-order valence-electron chi connectivity index (χ3n) is 5.13. The Morgan fingerprint density at radius 2 is 1.56 bits per heavy atom. The van der Waals surface area contributed by atoms with Gasteiger partial charge in [0.1, 0.15) is 12.3 Å². The van der Waals surface area contributed by atoms with Gasteiger partial charge in [-0.25, -0.2) is 8.42 Å². The number of primary amides is 1. The van der Waals surface area contributed by atoms with Crippen molar-refractivity contribution in [2.75, 3.05) is 32.2 Å². The van der Waals surface area contributed by atoms with Gasteiger partial charge in [-0.1, -0.05) is 29.8 Å². The molecular formula is C24H25ClN2O6S. The molecule has 1 amide bonds. The Kier molecular flexibility index (Phi) is 7.90. The van der Waals surface area contributed by atoms with E-state index in [1.807, 2.05) is 18.2 Å². The number of rotatable bonds is 10. The Bertz CT molecular complexity index is 1300. The molecule has 0 aliphatic heterocycles. The van der Waals surface area contributed by atoms with Crippen molar-refractivity contribution in [3.8, 4) is 17.2 Å². The number of benzene rings is 3. The number of ether oxygens (including phenoxy) is 3. The molecule has 8 nitrogen and oxygen atoms in total. The lowest BCUT2D eigenvalue weighted by atomic mass is 10.0. The van der Waals surface area contributed by atoms with Gasteiger partial charge < -0.3 is 19.9 Å². The molecule has 0 spiro atoms. The molecule has 0 radical (unpaired) electrons. The molecule has 0 heterocycles. The summed E-state index contributed by atoms with van der Waals surface area (Å²) >= 11 is 6.25. The van der Waals surface area contributed by atoms with Gasteiger partial charge in [0, 0.05) is 17.5 Å². The summed E-state index contributed by atoms with van der Waals surface area (Å²) in [5.74, 6) is 0.416. The van der Waals surface area contributed by atoms with Gasteiger partial charge >= 0.3 is 0 Å². The molecule has 0 saturated carbocycles. The van der Waals surface area contributed by atoms with Crippen molar-refractivity contribution in [2.24, 2.45) is 5.73 Å². The smallest absolute Gasteiger partial charge is 0.264 e. The summed E-state index contributed by atoms with van der Waals surface area (Å²) in [7, 11) is 0.177. The van der Waals surface area contributed by atoms with E-state index in [9.17, 15) is 13.2 Å². The Balaban J connectivity index is 2.16. The van der Waals surface area contributed by atoms with Crippen LogP contribution in [-0.4, -0.2) is 42.2 Å². The lowest BCUT2D eigenvalue weighted by Crippen LogP contribution is -2.39. The summed E-state index contributed by atoms with van der Waals surface area (Å²) in [6, 6.07) is 16.3. The number of nitrogens with two attached hydrogens (primary N) is 1. The molecule has 0 atom stereocenters. The van der Waals surface area contributed by atoms with Crippen molar-refractivity contribution in [3.63, 3.8) is 0 Å². The minimum Gasteiger partial charge on any atom is -0.496 e. The Hall–Kier alpha value is -3.43. The summed E-state index contributed by atoms with van der Waals surface area (Å²) in [4.78, 5) is 11.9. The molecule has 0 saturated heterocycles. The zero-order chi connectivity index (χ0) is 24.9. The highest BCUT2D eigenvalue weighted by Crippen LogP contribution is 2.35. The fourth-order valence-electron chi connectivity index (χ4n) is 3.54. The number of para-hydroxylation sites is 1. The van der Waals surface area contributed by atoms with Gasteiger partial charge in [-0.05, 0) is 47.5 Å². The van der Waals surface area contributed by atoms with E-state index < -0.39 is 22.5 Å². The predicted octanol–water partition coefficient (Wildman–Crippen LogP) is 3.64. The standard InChI is InChI=1S/C24H25ClN2O6S/c1-31-21-7-5-4-6-16(21)12-17-13-18(25)8-10-20(17)27(15-24(26)28)34(29,30)19-9-11-22(32-2)23(14-19)33-3/h4-11,13-14H,12,15H2,1-3H3,(H2,26,28). The Labute approximate surface area is 203 Å². The average Bonchev–Trinajstić information content (AvgIpc) is 2.82. The van der Waals surface area contributed by atoms with Crippen LogP contribution >= 0.6 is 11.6 Å². The van der Waals surface area contributed by atoms with Gasteiger partial charge in [0.05, 0.1) is 31.9 Å². The quantitative estimate of drug-likeness (QED) is 0.451. The third kappa shape index (κ3) is 5.37. The largest absolute Gasteiger partial charge is 0.496 e. The first-order valence-electron chi connectivity index (χ1n) is 10.1.